The van der Waals surface area contributed by atoms with E-state index in [4.69, 9.17) is 23.2 Å². The largest absolute Gasteiger partial charge is 0.306 e. The molecule has 0 N–H and O–H groups in total. The Kier molecular flexibility index (Phi) is 3.16. The predicted molar refractivity (Wildman–Crippen MR) is 50.2 cm³/mol. The standard InChI is InChI=1S/C7H5Cl2FO2S/c8-6-1-5(2-7(9)3-6)4-13(10,11)12/h1-3H,4H2. The Morgan fingerprint density at radius 3 is 2.00 bits per heavy atom. The molecule has 2 nitrogen and oxygen atoms in total. The number of benzene rings is 1. The molecular weight excluding hydrogens is 238 g/mol. The van der Waals surface area contributed by atoms with Crippen LogP contribution in [0.4, 0.5) is 3.89 Å². The van der Waals surface area contributed by atoms with Crippen molar-refractivity contribution in [3.63, 3.8) is 0 Å². The van der Waals surface area contributed by atoms with Gasteiger partial charge < -0.3 is 0 Å². The highest BCUT2D eigenvalue weighted by atomic mass is 35.5. The summed E-state index contributed by atoms with van der Waals surface area (Å²) in [6.07, 6.45) is 0. The van der Waals surface area contributed by atoms with Crippen LogP contribution in [0.1, 0.15) is 5.56 Å². The van der Waals surface area contributed by atoms with E-state index in [1.54, 1.807) is 0 Å². The fourth-order valence-electron chi connectivity index (χ4n) is 0.893. The van der Waals surface area contributed by atoms with Gasteiger partial charge in [-0.25, -0.2) is 0 Å². The normalized spacial score (nSPS) is 11.6. The van der Waals surface area contributed by atoms with Gasteiger partial charge in [-0.1, -0.05) is 23.2 Å². The van der Waals surface area contributed by atoms with Crippen LogP contribution >= 0.6 is 23.2 Å². The highest BCUT2D eigenvalue weighted by Gasteiger charge is 2.09. The number of halogens is 3. The molecule has 1 aromatic rings. The third-order valence-corrected chi connectivity index (χ3v) is 2.38. The van der Waals surface area contributed by atoms with Crippen LogP contribution in [0.5, 0.6) is 0 Å². The van der Waals surface area contributed by atoms with Gasteiger partial charge in [-0.15, -0.1) is 3.89 Å². The first-order valence-corrected chi connectivity index (χ1v) is 5.55. The van der Waals surface area contributed by atoms with Crippen LogP contribution in [-0.2, 0) is 16.0 Å². The predicted octanol–water partition coefficient (Wildman–Crippen LogP) is 2.79. The molecule has 0 fully saturated rings. The van der Waals surface area contributed by atoms with Crippen molar-refractivity contribution in [1.82, 2.24) is 0 Å². The van der Waals surface area contributed by atoms with Crippen molar-refractivity contribution in [2.24, 2.45) is 0 Å². The first kappa shape index (κ1) is 10.8. The third kappa shape index (κ3) is 3.93. The van der Waals surface area contributed by atoms with Crippen molar-refractivity contribution in [2.45, 2.75) is 5.75 Å². The first-order chi connectivity index (χ1) is 5.87. The minimum atomic E-state index is -4.53. The lowest BCUT2D eigenvalue weighted by atomic mass is 10.2. The average Bonchev–Trinajstić information content (AvgIpc) is 1.78. The van der Waals surface area contributed by atoms with E-state index in [9.17, 15) is 12.3 Å². The van der Waals surface area contributed by atoms with Gasteiger partial charge in [-0.3, -0.25) is 0 Å². The SMILES string of the molecule is O=S(=O)(F)Cc1cc(Cl)cc(Cl)c1. The van der Waals surface area contributed by atoms with Gasteiger partial charge in [0.1, 0.15) is 5.75 Å². The lowest BCUT2D eigenvalue weighted by Crippen LogP contribution is -1.95. The molecule has 1 aromatic carbocycles. The summed E-state index contributed by atoms with van der Waals surface area (Å²) in [5.41, 5.74) is 0.236. The lowest BCUT2D eigenvalue weighted by molar-refractivity contribution is 0.551. The highest BCUT2D eigenvalue weighted by Crippen LogP contribution is 2.20. The van der Waals surface area contributed by atoms with Crippen LogP contribution in [0, 0.1) is 0 Å². The van der Waals surface area contributed by atoms with Crippen LogP contribution < -0.4 is 0 Å². The first-order valence-electron chi connectivity index (χ1n) is 3.24. The van der Waals surface area contributed by atoms with Crippen LogP contribution in [0.3, 0.4) is 0 Å². The molecule has 0 bridgehead atoms. The van der Waals surface area contributed by atoms with E-state index in [0.29, 0.717) is 0 Å². The Bertz CT molecular complexity index is 396. The second kappa shape index (κ2) is 3.82. The van der Waals surface area contributed by atoms with E-state index in [1.807, 2.05) is 0 Å². The molecule has 6 heteroatoms. The Labute approximate surface area is 85.5 Å². The van der Waals surface area contributed by atoms with Gasteiger partial charge in [0, 0.05) is 10.0 Å². The molecule has 0 radical (unpaired) electrons. The van der Waals surface area contributed by atoms with Crippen molar-refractivity contribution in [3.8, 4) is 0 Å². The molecule has 0 unspecified atom stereocenters. The van der Waals surface area contributed by atoms with E-state index in [1.165, 1.54) is 18.2 Å². The summed E-state index contributed by atoms with van der Waals surface area (Å²) in [5, 5.41) is 0.567. The van der Waals surface area contributed by atoms with Gasteiger partial charge in [0.25, 0.3) is 0 Å². The zero-order chi connectivity index (χ0) is 10.1. The quantitative estimate of drug-likeness (QED) is 0.748. The smallest absolute Gasteiger partial charge is 0.194 e. The van der Waals surface area contributed by atoms with Gasteiger partial charge in [-0.05, 0) is 23.8 Å². The second-order valence-electron chi connectivity index (χ2n) is 2.46. The Morgan fingerprint density at radius 1 is 1.15 bits per heavy atom. The maximum atomic E-state index is 12.2. The number of hydrogen-bond donors (Lipinski definition) is 0. The molecule has 0 heterocycles. The summed E-state index contributed by atoms with van der Waals surface area (Å²) in [6, 6.07) is 4.15. The maximum Gasteiger partial charge on any atom is 0.306 e. The fraction of sp³-hybridized carbons (Fsp3) is 0.143. The highest BCUT2D eigenvalue weighted by molar-refractivity contribution is 7.85. The molecule has 0 amide bonds. The molecule has 0 saturated carbocycles. The molecule has 0 spiro atoms. The van der Waals surface area contributed by atoms with Crippen molar-refractivity contribution in [1.29, 1.82) is 0 Å². The zero-order valence-corrected chi connectivity index (χ0v) is 8.63. The van der Waals surface area contributed by atoms with E-state index in [-0.39, 0.29) is 15.6 Å². The van der Waals surface area contributed by atoms with Crippen molar-refractivity contribution in [3.05, 3.63) is 33.8 Å². The van der Waals surface area contributed by atoms with Crippen LogP contribution in [-0.4, -0.2) is 8.42 Å². The second-order valence-corrected chi connectivity index (χ2v) is 4.70. The molecule has 0 aliphatic heterocycles. The van der Waals surface area contributed by atoms with Gasteiger partial charge in [-0.2, -0.15) is 8.42 Å². The summed E-state index contributed by atoms with van der Waals surface area (Å²) in [7, 11) is -4.53. The summed E-state index contributed by atoms with van der Waals surface area (Å²) in [4.78, 5) is 0. The van der Waals surface area contributed by atoms with E-state index < -0.39 is 16.0 Å². The molecule has 0 saturated heterocycles. The van der Waals surface area contributed by atoms with Crippen molar-refractivity contribution in [2.75, 3.05) is 0 Å². The molecule has 0 aliphatic rings. The summed E-state index contributed by atoms with van der Waals surface area (Å²) >= 11 is 11.2. The topological polar surface area (TPSA) is 34.1 Å². The monoisotopic (exact) mass is 242 g/mol. The van der Waals surface area contributed by atoms with Gasteiger partial charge >= 0.3 is 10.2 Å². The summed E-state index contributed by atoms with van der Waals surface area (Å²) < 4.78 is 32.8. The Hall–Kier alpha value is -0.320. The molecule has 0 atom stereocenters. The number of hydrogen-bond acceptors (Lipinski definition) is 2. The van der Waals surface area contributed by atoms with Gasteiger partial charge in [0.2, 0.25) is 0 Å². The minimum absolute atomic E-state index is 0.236. The fourth-order valence-corrected chi connectivity index (χ4v) is 2.03. The Morgan fingerprint density at radius 2 is 1.62 bits per heavy atom. The summed E-state index contributed by atoms with van der Waals surface area (Å²) in [5.74, 6) is -0.701. The molecule has 13 heavy (non-hydrogen) atoms. The molecule has 0 aliphatic carbocycles. The average molecular weight is 243 g/mol. The Balaban J connectivity index is 3.03. The van der Waals surface area contributed by atoms with Crippen LogP contribution in [0.25, 0.3) is 0 Å². The molecule has 72 valence electrons. The van der Waals surface area contributed by atoms with Crippen LogP contribution in [0.2, 0.25) is 10.0 Å². The van der Waals surface area contributed by atoms with Crippen molar-refractivity contribution < 1.29 is 12.3 Å². The van der Waals surface area contributed by atoms with E-state index in [0.717, 1.165) is 0 Å². The summed E-state index contributed by atoms with van der Waals surface area (Å²) in [6.45, 7) is 0. The molecular formula is C7H5Cl2FO2S. The van der Waals surface area contributed by atoms with Crippen molar-refractivity contribution >= 4 is 33.4 Å². The third-order valence-electron chi connectivity index (χ3n) is 1.26. The van der Waals surface area contributed by atoms with E-state index in [2.05, 4.69) is 0 Å². The van der Waals surface area contributed by atoms with Gasteiger partial charge in [0.15, 0.2) is 0 Å². The van der Waals surface area contributed by atoms with Crippen LogP contribution in [0.15, 0.2) is 18.2 Å². The number of rotatable bonds is 2. The van der Waals surface area contributed by atoms with Gasteiger partial charge in [0.05, 0.1) is 0 Å². The maximum absolute atomic E-state index is 12.2. The molecule has 0 aromatic heterocycles. The minimum Gasteiger partial charge on any atom is -0.194 e. The zero-order valence-electron chi connectivity index (χ0n) is 6.30. The molecule has 1 rings (SSSR count). The van der Waals surface area contributed by atoms with E-state index >= 15 is 0 Å². The lowest BCUT2D eigenvalue weighted by Gasteiger charge is -1.99.